The Labute approximate surface area is 145 Å². The quantitative estimate of drug-likeness (QED) is 0.600. The van der Waals surface area contributed by atoms with Gasteiger partial charge in [-0.25, -0.2) is 13.9 Å². The standard InChI is InChI=1S/C15H18FN5O5/c16-3-4-20-7-10(18-19-20)9-6-21(13(25)17-12(9)24)15-2-1-14(8-22,26-15)11(23)5-15/h6-7,11,22-23H,1-5,8H2,(H,17,24,25)/i16-1. The van der Waals surface area contributed by atoms with Gasteiger partial charge in [0.15, 0.2) is 5.72 Å². The fourth-order valence-electron chi connectivity index (χ4n) is 3.81. The van der Waals surface area contributed by atoms with Crippen LogP contribution >= 0.6 is 0 Å². The molecule has 3 atom stereocenters. The summed E-state index contributed by atoms with van der Waals surface area (Å²) in [6, 6.07) is 0. The van der Waals surface area contributed by atoms with E-state index in [1.54, 1.807) is 0 Å². The van der Waals surface area contributed by atoms with Crippen LogP contribution in [0.3, 0.4) is 0 Å². The maximum absolute atomic E-state index is 12.4. The molecule has 4 rings (SSSR count). The molecule has 0 saturated carbocycles. The Morgan fingerprint density at radius 2 is 2.19 bits per heavy atom. The first-order valence-electron chi connectivity index (χ1n) is 8.25. The molecule has 0 aliphatic carbocycles. The second-order valence-corrected chi connectivity index (χ2v) is 6.72. The molecule has 10 nitrogen and oxygen atoms in total. The van der Waals surface area contributed by atoms with Gasteiger partial charge in [-0.2, -0.15) is 0 Å². The Hall–Kier alpha value is -2.37. The predicted octanol–water partition coefficient (Wildman–Crippen LogP) is -1.28. The van der Waals surface area contributed by atoms with E-state index in [0.29, 0.717) is 12.8 Å². The molecular weight excluding hydrogens is 348 g/mol. The summed E-state index contributed by atoms with van der Waals surface area (Å²) in [6.45, 7) is -0.988. The average Bonchev–Trinajstić information content (AvgIpc) is 3.28. The van der Waals surface area contributed by atoms with Crippen LogP contribution in [0.5, 0.6) is 0 Å². The van der Waals surface area contributed by atoms with Crippen LogP contribution < -0.4 is 11.2 Å². The third-order valence-corrected chi connectivity index (χ3v) is 5.23. The summed E-state index contributed by atoms with van der Waals surface area (Å²) in [5.41, 5.74) is -3.31. The fraction of sp³-hybridized carbons (Fsp3) is 0.600. The number of aryl methyl sites for hydroxylation is 1. The summed E-state index contributed by atoms with van der Waals surface area (Å²) in [6.07, 6.45) is 2.72. The summed E-state index contributed by atoms with van der Waals surface area (Å²) in [4.78, 5) is 26.8. The molecule has 11 heteroatoms. The monoisotopic (exact) mass is 366 g/mol. The highest BCUT2D eigenvalue weighted by Crippen LogP contribution is 2.53. The van der Waals surface area contributed by atoms with Crippen molar-refractivity contribution < 1.29 is 19.3 Å². The first-order valence-corrected chi connectivity index (χ1v) is 8.25. The number of alkyl halides is 1. The van der Waals surface area contributed by atoms with E-state index in [1.807, 2.05) is 0 Å². The number of aromatic amines is 1. The lowest BCUT2D eigenvalue weighted by Crippen LogP contribution is -2.44. The van der Waals surface area contributed by atoms with E-state index >= 15 is 0 Å². The number of H-pyrrole nitrogens is 1. The zero-order chi connectivity index (χ0) is 18.5. The maximum atomic E-state index is 12.4. The Balaban J connectivity index is 1.79. The van der Waals surface area contributed by atoms with Crippen molar-refractivity contribution in [3.8, 4) is 11.3 Å². The second-order valence-electron chi connectivity index (χ2n) is 6.72. The molecule has 2 aliphatic rings. The fourth-order valence-corrected chi connectivity index (χ4v) is 3.81. The van der Waals surface area contributed by atoms with Gasteiger partial charge >= 0.3 is 5.69 Å². The third kappa shape index (κ3) is 2.35. The number of hydrogen-bond donors (Lipinski definition) is 3. The van der Waals surface area contributed by atoms with Crippen LogP contribution in [0.2, 0.25) is 0 Å². The lowest BCUT2D eigenvalue weighted by Gasteiger charge is -2.28. The Morgan fingerprint density at radius 1 is 1.38 bits per heavy atom. The molecule has 2 aliphatic heterocycles. The molecular formula is C15H18FN5O5. The summed E-state index contributed by atoms with van der Waals surface area (Å²) in [5.74, 6) is 0. The van der Waals surface area contributed by atoms with Crippen LogP contribution in [0.15, 0.2) is 22.0 Å². The number of ether oxygens (including phenoxy) is 1. The van der Waals surface area contributed by atoms with Crippen LogP contribution in [0.1, 0.15) is 19.3 Å². The zero-order valence-corrected chi connectivity index (χ0v) is 13.8. The number of hydrogen-bond acceptors (Lipinski definition) is 7. The van der Waals surface area contributed by atoms with Crippen molar-refractivity contribution in [2.75, 3.05) is 13.3 Å². The summed E-state index contributed by atoms with van der Waals surface area (Å²) in [7, 11) is 0. The molecule has 2 saturated heterocycles. The van der Waals surface area contributed by atoms with Gasteiger partial charge in [-0.15, -0.1) is 5.10 Å². The van der Waals surface area contributed by atoms with Crippen molar-refractivity contribution in [1.82, 2.24) is 24.5 Å². The molecule has 2 bridgehead atoms. The lowest BCUT2D eigenvalue weighted by molar-refractivity contribution is -0.129. The van der Waals surface area contributed by atoms with Gasteiger partial charge in [-0.3, -0.25) is 14.3 Å². The third-order valence-electron chi connectivity index (χ3n) is 5.23. The second kappa shape index (κ2) is 5.83. The molecule has 3 N–H and O–H groups in total. The molecule has 2 aromatic heterocycles. The first kappa shape index (κ1) is 17.1. The number of aromatic nitrogens is 5. The van der Waals surface area contributed by atoms with Gasteiger partial charge in [0.1, 0.15) is 18.0 Å². The van der Waals surface area contributed by atoms with E-state index in [2.05, 4.69) is 15.3 Å². The van der Waals surface area contributed by atoms with Crippen molar-refractivity contribution in [3.63, 3.8) is 0 Å². The van der Waals surface area contributed by atoms with E-state index in [-0.39, 0.29) is 30.8 Å². The first-order chi connectivity index (χ1) is 12.4. The van der Waals surface area contributed by atoms with E-state index in [4.69, 9.17) is 4.74 Å². The number of rotatable bonds is 5. The molecule has 0 amide bonds. The number of nitrogens with one attached hydrogen (secondary N) is 1. The van der Waals surface area contributed by atoms with Crippen molar-refractivity contribution in [1.29, 1.82) is 0 Å². The number of fused-ring (bicyclic) bond motifs is 2. The van der Waals surface area contributed by atoms with Gasteiger partial charge < -0.3 is 14.9 Å². The van der Waals surface area contributed by atoms with Crippen LogP contribution in [0.4, 0.5) is 4.39 Å². The van der Waals surface area contributed by atoms with E-state index in [0.717, 1.165) is 0 Å². The van der Waals surface area contributed by atoms with Gasteiger partial charge in [0.25, 0.3) is 5.56 Å². The highest BCUT2D eigenvalue weighted by molar-refractivity contribution is 5.54. The molecule has 2 aromatic rings. The lowest BCUT2D eigenvalue weighted by atomic mass is 9.83. The van der Waals surface area contributed by atoms with Gasteiger partial charge in [0, 0.05) is 12.6 Å². The minimum atomic E-state index is -1.15. The van der Waals surface area contributed by atoms with E-state index in [9.17, 15) is 24.2 Å². The molecule has 0 aromatic carbocycles. The van der Waals surface area contributed by atoms with Crippen molar-refractivity contribution in [2.45, 2.75) is 43.2 Å². The molecule has 140 valence electrons. The molecule has 2 fully saturated rings. The SMILES string of the molecule is O=c1[nH]c(=O)n(C23CCC(CO)(O2)C(O)C3)cc1-c1cn(CC[18F])nn1. The minimum Gasteiger partial charge on any atom is -0.393 e. The Kier molecular flexibility index (Phi) is 3.82. The Morgan fingerprint density at radius 3 is 2.85 bits per heavy atom. The van der Waals surface area contributed by atoms with E-state index in [1.165, 1.54) is 21.6 Å². The van der Waals surface area contributed by atoms with Crippen LogP contribution in [-0.4, -0.2) is 59.7 Å². The van der Waals surface area contributed by atoms with Crippen molar-refractivity contribution in [2.24, 2.45) is 0 Å². The van der Waals surface area contributed by atoms with Gasteiger partial charge in [0.2, 0.25) is 0 Å². The van der Waals surface area contributed by atoms with Crippen molar-refractivity contribution in [3.05, 3.63) is 33.2 Å². The Bertz CT molecular complexity index is 954. The van der Waals surface area contributed by atoms with Gasteiger partial charge in [0.05, 0.1) is 31.0 Å². The predicted molar refractivity (Wildman–Crippen MR) is 85.0 cm³/mol. The number of halogens is 1. The maximum Gasteiger partial charge on any atom is 0.330 e. The van der Waals surface area contributed by atoms with Gasteiger partial charge in [-0.05, 0) is 12.8 Å². The minimum absolute atomic E-state index is 0.00278. The number of aliphatic hydroxyl groups is 2. The van der Waals surface area contributed by atoms with Crippen LogP contribution in [-0.2, 0) is 17.0 Å². The molecule has 0 radical (unpaired) electrons. The topological polar surface area (TPSA) is 135 Å². The average molecular weight is 366 g/mol. The van der Waals surface area contributed by atoms with Gasteiger partial charge in [-0.1, -0.05) is 5.21 Å². The number of nitrogens with zero attached hydrogens (tertiary/aromatic N) is 4. The van der Waals surface area contributed by atoms with E-state index < -0.39 is 35.4 Å². The summed E-state index contributed by atoms with van der Waals surface area (Å²) >= 11 is 0. The summed E-state index contributed by atoms with van der Waals surface area (Å²) in [5, 5.41) is 27.4. The zero-order valence-electron chi connectivity index (χ0n) is 13.8. The normalized spacial score (nSPS) is 30.2. The smallest absolute Gasteiger partial charge is 0.330 e. The number of aliphatic hydroxyl groups excluding tert-OH is 2. The summed E-state index contributed by atoms with van der Waals surface area (Å²) < 4.78 is 20.8. The highest BCUT2D eigenvalue weighted by Gasteiger charge is 2.62. The molecule has 0 spiro atoms. The molecule has 4 heterocycles. The highest BCUT2D eigenvalue weighted by atomic mass is 18.2. The largest absolute Gasteiger partial charge is 0.393 e. The van der Waals surface area contributed by atoms with Crippen LogP contribution in [0, 0.1) is 0 Å². The van der Waals surface area contributed by atoms with Crippen molar-refractivity contribution >= 4 is 0 Å². The van der Waals surface area contributed by atoms with Crippen LogP contribution in [0.25, 0.3) is 11.3 Å². The molecule has 26 heavy (non-hydrogen) atoms. The molecule has 3 unspecified atom stereocenters.